The van der Waals surface area contributed by atoms with Crippen LogP contribution in [-0.4, -0.2) is 42.4 Å². The van der Waals surface area contributed by atoms with Crippen LogP contribution in [0.3, 0.4) is 0 Å². The van der Waals surface area contributed by atoms with Gasteiger partial charge in [0.2, 0.25) is 7.37 Å². The summed E-state index contributed by atoms with van der Waals surface area (Å²) in [6, 6.07) is 8.72. The van der Waals surface area contributed by atoms with E-state index >= 15 is 0 Å². The first-order valence-corrected chi connectivity index (χ1v) is 8.90. The first kappa shape index (κ1) is 17.9. The third-order valence-electron chi connectivity index (χ3n) is 3.12. The second-order valence-electron chi connectivity index (χ2n) is 4.95. The number of rotatable bonds is 10. The zero-order valence-corrected chi connectivity index (χ0v) is 12.8. The Morgan fingerprint density at radius 3 is 2.57 bits per heavy atom. The minimum absolute atomic E-state index is 0.0764. The number of aryl methyl sites for hydroxylation is 1. The van der Waals surface area contributed by atoms with Crippen molar-refractivity contribution in [2.45, 2.75) is 18.9 Å². The predicted octanol–water partition coefficient (Wildman–Crippen LogP) is -0.733. The Morgan fingerprint density at radius 2 is 1.95 bits per heavy atom. The number of benzene rings is 1. The van der Waals surface area contributed by atoms with Crippen molar-refractivity contribution in [3.05, 3.63) is 35.9 Å². The Morgan fingerprint density at radius 1 is 1.29 bits per heavy atom. The van der Waals surface area contributed by atoms with Gasteiger partial charge in [-0.3, -0.25) is 4.57 Å². The molecule has 0 spiro atoms. The van der Waals surface area contributed by atoms with Crippen LogP contribution in [-0.2, 0) is 20.5 Å². The quantitative estimate of drug-likeness (QED) is 0.436. The Labute approximate surface area is 124 Å². The van der Waals surface area contributed by atoms with E-state index in [0.717, 1.165) is 5.56 Å². The van der Waals surface area contributed by atoms with Crippen LogP contribution < -0.4 is 10.8 Å². The van der Waals surface area contributed by atoms with Crippen LogP contribution >= 0.6 is 7.37 Å². The molecule has 1 rings (SSSR count). The van der Waals surface area contributed by atoms with Crippen LogP contribution in [0, 0.1) is 0 Å². The zero-order valence-electron chi connectivity index (χ0n) is 11.9. The molecule has 0 aromatic heterocycles. The van der Waals surface area contributed by atoms with Crippen LogP contribution in [0.25, 0.3) is 0 Å². The fourth-order valence-electron chi connectivity index (χ4n) is 1.71. The lowest BCUT2D eigenvalue weighted by Crippen LogP contribution is -2.68. The molecule has 0 saturated heterocycles. The van der Waals surface area contributed by atoms with Gasteiger partial charge in [-0.25, -0.2) is 0 Å². The van der Waals surface area contributed by atoms with Gasteiger partial charge < -0.3 is 25.3 Å². The third-order valence-corrected chi connectivity index (χ3v) is 4.93. The molecular weight excluding hydrogens is 293 g/mol. The maximum absolute atomic E-state index is 12.0. The van der Waals surface area contributed by atoms with Crippen molar-refractivity contribution >= 4 is 13.3 Å². The van der Waals surface area contributed by atoms with Gasteiger partial charge in [-0.05, 0) is 12.0 Å². The molecule has 0 fully saturated rings. The Kier molecular flexibility index (Phi) is 7.61. The molecule has 0 aliphatic carbocycles. The molecule has 0 heterocycles. The SMILES string of the molecule is [NH3+][C@H](CCOCCP(=O)(O)CCc1ccccc1)C(=O)[O-]. The van der Waals surface area contributed by atoms with Crippen molar-refractivity contribution in [1.82, 2.24) is 0 Å². The second-order valence-corrected chi connectivity index (χ2v) is 7.53. The highest BCUT2D eigenvalue weighted by atomic mass is 31.2. The van der Waals surface area contributed by atoms with E-state index < -0.39 is 19.4 Å². The summed E-state index contributed by atoms with van der Waals surface area (Å²) < 4.78 is 17.1. The average Bonchev–Trinajstić information content (AvgIpc) is 2.45. The molecule has 0 aliphatic heterocycles. The van der Waals surface area contributed by atoms with E-state index in [9.17, 15) is 19.4 Å². The van der Waals surface area contributed by atoms with Crippen molar-refractivity contribution in [3.8, 4) is 0 Å². The molecule has 118 valence electrons. The number of carboxylic acids is 1. The molecule has 1 unspecified atom stereocenters. The van der Waals surface area contributed by atoms with E-state index in [1.54, 1.807) is 0 Å². The first-order chi connectivity index (χ1) is 9.91. The van der Waals surface area contributed by atoms with Crippen molar-refractivity contribution in [1.29, 1.82) is 0 Å². The number of carbonyl (C=O) groups excluding carboxylic acids is 1. The largest absolute Gasteiger partial charge is 0.544 e. The predicted molar refractivity (Wildman–Crippen MR) is 76.8 cm³/mol. The summed E-state index contributed by atoms with van der Waals surface area (Å²) in [4.78, 5) is 20.3. The average molecular weight is 315 g/mol. The molecule has 0 saturated carbocycles. The Bertz CT molecular complexity index is 480. The molecule has 0 amide bonds. The lowest BCUT2D eigenvalue weighted by atomic mass is 10.2. The second kappa shape index (κ2) is 8.95. The number of carboxylic acid groups (broad SMARTS) is 1. The molecule has 7 heteroatoms. The van der Waals surface area contributed by atoms with Gasteiger partial charge in [-0.2, -0.15) is 0 Å². The molecule has 2 atom stereocenters. The van der Waals surface area contributed by atoms with Crippen molar-refractivity contribution in [3.63, 3.8) is 0 Å². The first-order valence-electron chi connectivity index (χ1n) is 6.87. The lowest BCUT2D eigenvalue weighted by molar-refractivity contribution is -0.439. The molecule has 0 radical (unpaired) electrons. The summed E-state index contributed by atoms with van der Waals surface area (Å²) in [5.41, 5.74) is 4.43. The maximum Gasteiger partial charge on any atom is 0.203 e. The summed E-state index contributed by atoms with van der Waals surface area (Å²) in [5, 5.41) is 10.4. The summed E-state index contributed by atoms with van der Waals surface area (Å²) in [6.07, 6.45) is 1.09. The number of hydrogen-bond donors (Lipinski definition) is 2. The van der Waals surface area contributed by atoms with Gasteiger partial charge in [-0.1, -0.05) is 30.3 Å². The van der Waals surface area contributed by atoms with Crippen molar-refractivity contribution < 1.29 is 29.8 Å². The number of carbonyl (C=O) groups is 1. The number of quaternary nitrogens is 1. The molecule has 1 aromatic rings. The molecule has 1 aromatic carbocycles. The van der Waals surface area contributed by atoms with Gasteiger partial charge in [0, 0.05) is 18.7 Å². The van der Waals surface area contributed by atoms with E-state index in [4.69, 9.17) is 4.74 Å². The summed E-state index contributed by atoms with van der Waals surface area (Å²) >= 11 is 0. The summed E-state index contributed by atoms with van der Waals surface area (Å²) in [6.45, 7) is 0.336. The van der Waals surface area contributed by atoms with Crippen LogP contribution in [0.1, 0.15) is 12.0 Å². The van der Waals surface area contributed by atoms with Crippen LogP contribution in [0.5, 0.6) is 0 Å². The van der Waals surface area contributed by atoms with E-state index in [2.05, 4.69) is 5.73 Å². The van der Waals surface area contributed by atoms with Gasteiger partial charge in [0.05, 0.1) is 19.2 Å². The smallest absolute Gasteiger partial charge is 0.203 e. The zero-order chi connectivity index (χ0) is 15.7. The molecule has 0 bridgehead atoms. The summed E-state index contributed by atoms with van der Waals surface area (Å²) in [7, 11) is -3.21. The van der Waals surface area contributed by atoms with E-state index in [-0.39, 0.29) is 32.0 Å². The highest BCUT2D eigenvalue weighted by molar-refractivity contribution is 7.58. The van der Waals surface area contributed by atoms with E-state index in [1.807, 2.05) is 30.3 Å². The highest BCUT2D eigenvalue weighted by Gasteiger charge is 2.17. The lowest BCUT2D eigenvalue weighted by Gasteiger charge is -2.13. The van der Waals surface area contributed by atoms with Crippen molar-refractivity contribution in [2.75, 3.05) is 25.5 Å². The monoisotopic (exact) mass is 315 g/mol. The minimum atomic E-state index is -3.21. The normalized spacial score (nSPS) is 15.3. The van der Waals surface area contributed by atoms with E-state index in [0.29, 0.717) is 6.42 Å². The Balaban J connectivity index is 2.18. The van der Waals surface area contributed by atoms with Crippen LogP contribution in [0.15, 0.2) is 30.3 Å². The van der Waals surface area contributed by atoms with Crippen molar-refractivity contribution in [2.24, 2.45) is 0 Å². The minimum Gasteiger partial charge on any atom is -0.544 e. The van der Waals surface area contributed by atoms with Gasteiger partial charge >= 0.3 is 0 Å². The summed E-state index contributed by atoms with van der Waals surface area (Å²) in [5.74, 6) is -1.21. The standard InChI is InChI=1S/C14H22NO5P/c15-13(14(16)17)6-8-20-9-11-21(18,19)10-7-12-4-2-1-3-5-12/h1-5,13H,6-11,15H2,(H,16,17)(H,18,19)/t13-/m1/s1. The Hall–Kier alpha value is -1.20. The van der Waals surface area contributed by atoms with Crippen LogP contribution in [0.2, 0.25) is 0 Å². The molecule has 21 heavy (non-hydrogen) atoms. The number of ether oxygens (including phenoxy) is 1. The van der Waals surface area contributed by atoms with Gasteiger partial charge in [0.15, 0.2) is 0 Å². The number of hydrogen-bond acceptors (Lipinski definition) is 4. The molecule has 4 N–H and O–H groups in total. The van der Waals surface area contributed by atoms with E-state index in [1.165, 1.54) is 0 Å². The molecular formula is C14H22NO5P. The van der Waals surface area contributed by atoms with Gasteiger partial charge in [-0.15, -0.1) is 0 Å². The number of aliphatic carboxylic acids is 1. The molecule has 6 nitrogen and oxygen atoms in total. The van der Waals surface area contributed by atoms with Gasteiger partial charge in [0.25, 0.3) is 0 Å². The molecule has 0 aliphatic rings. The fourth-order valence-corrected chi connectivity index (χ4v) is 2.96. The highest BCUT2D eigenvalue weighted by Crippen LogP contribution is 2.40. The third kappa shape index (κ3) is 7.97. The fraction of sp³-hybridized carbons (Fsp3) is 0.500. The maximum atomic E-state index is 12.0. The topological polar surface area (TPSA) is 114 Å². The van der Waals surface area contributed by atoms with Gasteiger partial charge in [0.1, 0.15) is 6.04 Å². The van der Waals surface area contributed by atoms with Crippen LogP contribution in [0.4, 0.5) is 0 Å².